The quantitative estimate of drug-likeness (QED) is 0.695. The summed E-state index contributed by atoms with van der Waals surface area (Å²) in [5.41, 5.74) is 4.40. The molecule has 144 valence electrons. The molecule has 0 radical (unpaired) electrons. The predicted molar refractivity (Wildman–Crippen MR) is 108 cm³/mol. The highest BCUT2D eigenvalue weighted by Gasteiger charge is 2.21. The minimum absolute atomic E-state index is 0.164. The van der Waals surface area contributed by atoms with Crippen LogP contribution in [0.1, 0.15) is 40.1 Å². The number of aromatic nitrogens is 1. The van der Waals surface area contributed by atoms with E-state index in [9.17, 15) is 4.79 Å². The van der Waals surface area contributed by atoms with Gasteiger partial charge in [-0.3, -0.25) is 4.79 Å². The minimum Gasteiger partial charge on any atom is -0.360 e. The fourth-order valence-corrected chi connectivity index (χ4v) is 3.82. The van der Waals surface area contributed by atoms with Crippen molar-refractivity contribution in [2.45, 2.75) is 32.9 Å². The van der Waals surface area contributed by atoms with Gasteiger partial charge in [-0.15, -0.1) is 0 Å². The first-order chi connectivity index (χ1) is 13.7. The summed E-state index contributed by atoms with van der Waals surface area (Å²) >= 11 is 0. The topological polar surface area (TPSA) is 59.6 Å². The Morgan fingerprint density at radius 2 is 1.71 bits per heavy atom. The van der Waals surface area contributed by atoms with Crippen LogP contribution in [0.3, 0.4) is 0 Å². The zero-order valence-electron chi connectivity index (χ0n) is 16.2. The number of nitrogens with zero attached hydrogens (tertiary/aromatic N) is 1. The van der Waals surface area contributed by atoms with E-state index in [1.54, 1.807) is 11.8 Å². The Kier molecular flexibility index (Phi) is 5.53. The number of hydrogen-bond acceptors (Lipinski definition) is 3. The minimum atomic E-state index is -0.164. The molecule has 0 saturated carbocycles. The Bertz CT molecular complexity index is 926. The molecule has 0 bridgehead atoms. The number of hydrogen-bond donors (Lipinski definition) is 2. The van der Waals surface area contributed by atoms with E-state index in [4.69, 9.17) is 4.52 Å². The van der Waals surface area contributed by atoms with Gasteiger partial charge in [0.25, 0.3) is 5.91 Å². The number of quaternary nitrogens is 1. The summed E-state index contributed by atoms with van der Waals surface area (Å²) in [7, 11) is 0. The van der Waals surface area contributed by atoms with Crippen LogP contribution in [0.15, 0.2) is 59.1 Å². The van der Waals surface area contributed by atoms with Crippen LogP contribution < -0.4 is 10.2 Å². The van der Waals surface area contributed by atoms with E-state index < -0.39 is 0 Å². The summed E-state index contributed by atoms with van der Waals surface area (Å²) in [6.45, 7) is 5.89. The third-order valence-corrected chi connectivity index (χ3v) is 5.38. The lowest BCUT2D eigenvalue weighted by molar-refractivity contribution is -0.901. The number of carbonyl (C=O) groups is 1. The lowest BCUT2D eigenvalue weighted by atomic mass is 10.1. The number of nitrogens with one attached hydrogen (secondary N) is 2. The zero-order chi connectivity index (χ0) is 19.3. The summed E-state index contributed by atoms with van der Waals surface area (Å²) < 4.78 is 5.29. The second-order valence-corrected chi connectivity index (χ2v) is 7.46. The summed E-state index contributed by atoms with van der Waals surface area (Å²) in [5.74, 6) is 0.364. The van der Waals surface area contributed by atoms with Crippen molar-refractivity contribution >= 4 is 5.91 Å². The zero-order valence-corrected chi connectivity index (χ0v) is 16.2. The summed E-state index contributed by atoms with van der Waals surface area (Å²) in [6.07, 6.45) is 2.68. The average molecular weight is 376 g/mol. The number of rotatable bonds is 6. The van der Waals surface area contributed by atoms with Crippen molar-refractivity contribution in [2.75, 3.05) is 13.1 Å². The molecule has 1 aromatic heterocycles. The van der Waals surface area contributed by atoms with Crippen molar-refractivity contribution in [1.82, 2.24) is 10.5 Å². The Morgan fingerprint density at radius 1 is 1.04 bits per heavy atom. The molecule has 1 aliphatic rings. The molecule has 2 aromatic carbocycles. The second-order valence-electron chi connectivity index (χ2n) is 7.46. The van der Waals surface area contributed by atoms with Crippen LogP contribution in [-0.4, -0.2) is 24.2 Å². The molecule has 2 heterocycles. The van der Waals surface area contributed by atoms with Crippen LogP contribution in [0.5, 0.6) is 0 Å². The third kappa shape index (κ3) is 4.15. The fourth-order valence-electron chi connectivity index (χ4n) is 3.82. The molecule has 0 unspecified atom stereocenters. The summed E-state index contributed by atoms with van der Waals surface area (Å²) in [5, 5.41) is 7.09. The van der Waals surface area contributed by atoms with E-state index in [-0.39, 0.29) is 5.91 Å². The molecule has 1 amide bonds. The molecule has 0 spiro atoms. The largest absolute Gasteiger partial charge is 0.360 e. The maximum atomic E-state index is 12.8. The second kappa shape index (κ2) is 8.40. The Labute approximate surface area is 165 Å². The maximum Gasteiger partial charge on any atom is 0.257 e. The van der Waals surface area contributed by atoms with Crippen molar-refractivity contribution in [3.05, 3.63) is 77.0 Å². The van der Waals surface area contributed by atoms with Crippen molar-refractivity contribution in [3.63, 3.8) is 0 Å². The van der Waals surface area contributed by atoms with Crippen molar-refractivity contribution < 1.29 is 14.2 Å². The molecule has 3 aromatic rings. The molecular formula is C23H26N3O2+. The lowest BCUT2D eigenvalue weighted by Crippen LogP contribution is -3.08. The number of amides is 1. The molecular weight excluding hydrogens is 350 g/mol. The average Bonchev–Trinajstić information content (AvgIpc) is 3.37. The van der Waals surface area contributed by atoms with Gasteiger partial charge in [0, 0.05) is 30.5 Å². The number of carbonyl (C=O) groups excluding carboxylic acids is 1. The Morgan fingerprint density at radius 3 is 2.43 bits per heavy atom. The van der Waals surface area contributed by atoms with Crippen LogP contribution >= 0.6 is 0 Å². The van der Waals surface area contributed by atoms with E-state index in [1.165, 1.54) is 31.5 Å². The van der Waals surface area contributed by atoms with Crippen LogP contribution in [0.2, 0.25) is 0 Å². The molecule has 0 aliphatic carbocycles. The van der Waals surface area contributed by atoms with Gasteiger partial charge in [0.15, 0.2) is 0 Å². The molecule has 0 atom stereocenters. The summed E-state index contributed by atoms with van der Waals surface area (Å²) in [6, 6.07) is 18.2. The predicted octanol–water partition coefficient (Wildman–Crippen LogP) is 2.76. The normalized spacial score (nSPS) is 14.3. The smallest absolute Gasteiger partial charge is 0.257 e. The lowest BCUT2D eigenvalue weighted by Gasteiger charge is -2.12. The van der Waals surface area contributed by atoms with Gasteiger partial charge in [0.1, 0.15) is 23.6 Å². The van der Waals surface area contributed by atoms with Gasteiger partial charge in [-0.1, -0.05) is 59.8 Å². The fraction of sp³-hybridized carbons (Fsp3) is 0.304. The van der Waals surface area contributed by atoms with Gasteiger partial charge in [-0.25, -0.2) is 0 Å². The SMILES string of the molecule is Cc1onc(-c2ccccc2)c1C(=O)NCc1ccc(C[NH+]2CCCC2)cc1. The van der Waals surface area contributed by atoms with E-state index in [2.05, 4.69) is 34.7 Å². The number of benzene rings is 2. The highest BCUT2D eigenvalue weighted by atomic mass is 16.5. The monoisotopic (exact) mass is 376 g/mol. The van der Waals surface area contributed by atoms with E-state index in [0.29, 0.717) is 23.6 Å². The molecule has 28 heavy (non-hydrogen) atoms. The van der Waals surface area contributed by atoms with Crippen LogP contribution in [-0.2, 0) is 13.1 Å². The van der Waals surface area contributed by atoms with Gasteiger partial charge < -0.3 is 14.7 Å². The number of aryl methyl sites for hydroxylation is 1. The van der Waals surface area contributed by atoms with Crippen molar-refractivity contribution in [2.24, 2.45) is 0 Å². The highest BCUT2D eigenvalue weighted by Crippen LogP contribution is 2.25. The molecule has 4 rings (SSSR count). The molecule has 5 heteroatoms. The van der Waals surface area contributed by atoms with E-state index in [1.807, 2.05) is 30.3 Å². The Hall–Kier alpha value is -2.92. The molecule has 1 saturated heterocycles. The molecule has 1 fully saturated rings. The van der Waals surface area contributed by atoms with Crippen molar-refractivity contribution in [1.29, 1.82) is 0 Å². The van der Waals surface area contributed by atoms with Crippen LogP contribution in [0, 0.1) is 6.92 Å². The summed E-state index contributed by atoms with van der Waals surface area (Å²) in [4.78, 5) is 14.4. The Balaban J connectivity index is 1.40. The van der Waals surface area contributed by atoms with Gasteiger partial charge in [-0.2, -0.15) is 0 Å². The van der Waals surface area contributed by atoms with Crippen LogP contribution in [0.4, 0.5) is 0 Å². The van der Waals surface area contributed by atoms with E-state index >= 15 is 0 Å². The van der Waals surface area contributed by atoms with Gasteiger partial charge in [0.2, 0.25) is 0 Å². The first kappa shape index (κ1) is 18.4. The first-order valence-corrected chi connectivity index (χ1v) is 9.92. The third-order valence-electron chi connectivity index (χ3n) is 5.38. The number of likely N-dealkylation sites (tertiary alicyclic amines) is 1. The van der Waals surface area contributed by atoms with Crippen molar-refractivity contribution in [3.8, 4) is 11.3 Å². The van der Waals surface area contributed by atoms with Gasteiger partial charge in [-0.05, 0) is 12.5 Å². The maximum absolute atomic E-state index is 12.8. The molecule has 5 nitrogen and oxygen atoms in total. The first-order valence-electron chi connectivity index (χ1n) is 9.92. The van der Waals surface area contributed by atoms with Crippen LogP contribution in [0.25, 0.3) is 11.3 Å². The van der Waals surface area contributed by atoms with E-state index in [0.717, 1.165) is 17.7 Å². The van der Waals surface area contributed by atoms with Gasteiger partial charge in [0.05, 0.1) is 13.1 Å². The van der Waals surface area contributed by atoms with Gasteiger partial charge >= 0.3 is 0 Å². The highest BCUT2D eigenvalue weighted by molar-refractivity contribution is 6.00. The standard InChI is InChI=1S/C23H25N3O2/c1-17-21(22(25-28-17)20-7-3-2-4-8-20)23(27)24-15-18-9-11-19(12-10-18)16-26-13-5-6-14-26/h2-4,7-12H,5-6,13-16H2,1H3,(H,24,27)/p+1. The molecule has 2 N–H and O–H groups in total. The molecule has 1 aliphatic heterocycles.